The van der Waals surface area contributed by atoms with Crippen molar-refractivity contribution < 1.29 is 9.90 Å². The number of carbonyl (C=O) groups is 1. The summed E-state index contributed by atoms with van der Waals surface area (Å²) in [4.78, 5) is 41.1. The van der Waals surface area contributed by atoms with Gasteiger partial charge in [0.1, 0.15) is 11.5 Å². The number of carboxylic acid groups (broad SMARTS) is 1. The lowest BCUT2D eigenvalue weighted by atomic mass is 10.1. The largest absolute Gasteiger partial charge is 0.477 e. The summed E-state index contributed by atoms with van der Waals surface area (Å²) in [6.07, 6.45) is 1.62. The highest BCUT2D eigenvalue weighted by atomic mass is 16.4. The van der Waals surface area contributed by atoms with Crippen molar-refractivity contribution in [1.29, 1.82) is 0 Å². The third-order valence-electron chi connectivity index (χ3n) is 6.22. The Morgan fingerprint density at radius 3 is 2.64 bits per heavy atom. The fourth-order valence-corrected chi connectivity index (χ4v) is 4.60. The molecule has 10 heteroatoms. The van der Waals surface area contributed by atoms with Gasteiger partial charge in [-0.1, -0.05) is 0 Å². The molecule has 2 aromatic heterocycles. The van der Waals surface area contributed by atoms with Crippen LogP contribution < -0.4 is 15.9 Å². The van der Waals surface area contributed by atoms with Crippen LogP contribution in [-0.4, -0.2) is 63.0 Å². The first kappa shape index (κ1) is 21.1. The Morgan fingerprint density at radius 2 is 1.94 bits per heavy atom. The van der Waals surface area contributed by atoms with Gasteiger partial charge in [0.05, 0.1) is 34.3 Å². The van der Waals surface area contributed by atoms with Crippen LogP contribution in [-0.2, 0) is 13.1 Å². The number of nitrogens with one attached hydrogen (secondary N) is 1. The van der Waals surface area contributed by atoms with Crippen LogP contribution in [0.1, 0.15) is 28.7 Å². The molecule has 0 aliphatic carbocycles. The van der Waals surface area contributed by atoms with Crippen LogP contribution in [0, 0.1) is 6.92 Å². The van der Waals surface area contributed by atoms with E-state index >= 15 is 0 Å². The van der Waals surface area contributed by atoms with Crippen LogP contribution >= 0.6 is 0 Å². The van der Waals surface area contributed by atoms with Crippen molar-refractivity contribution in [2.45, 2.75) is 26.9 Å². The molecule has 2 N–H and O–H groups in total. The maximum Gasteiger partial charge on any atom is 0.354 e. The minimum atomic E-state index is -1.01. The summed E-state index contributed by atoms with van der Waals surface area (Å²) in [6, 6.07) is 7.49. The highest BCUT2D eigenvalue weighted by Crippen LogP contribution is 2.34. The second-order valence-electron chi connectivity index (χ2n) is 8.27. The summed E-state index contributed by atoms with van der Waals surface area (Å²) in [5.41, 5.74) is 4.15. The molecule has 4 heterocycles. The van der Waals surface area contributed by atoms with E-state index < -0.39 is 5.97 Å². The van der Waals surface area contributed by atoms with Gasteiger partial charge < -0.3 is 15.3 Å². The third-order valence-corrected chi connectivity index (χ3v) is 6.22. The lowest BCUT2D eigenvalue weighted by Gasteiger charge is -2.36. The van der Waals surface area contributed by atoms with Crippen molar-refractivity contribution in [3.63, 3.8) is 0 Å². The Labute approximate surface area is 190 Å². The Balaban J connectivity index is 1.33. The van der Waals surface area contributed by atoms with Crippen LogP contribution in [0.3, 0.4) is 0 Å². The van der Waals surface area contributed by atoms with Gasteiger partial charge in [-0.3, -0.25) is 9.47 Å². The van der Waals surface area contributed by atoms with E-state index in [9.17, 15) is 9.59 Å². The molecule has 3 aromatic rings. The zero-order chi connectivity index (χ0) is 23.1. The molecule has 1 saturated heterocycles. The first-order valence-corrected chi connectivity index (χ1v) is 11.0. The van der Waals surface area contributed by atoms with E-state index in [2.05, 4.69) is 36.1 Å². The number of aryl methyl sites for hydroxylation is 1. The number of piperazine rings is 1. The van der Waals surface area contributed by atoms with Crippen LogP contribution in [0.4, 0.5) is 17.2 Å². The molecule has 0 saturated carbocycles. The Bertz CT molecular complexity index is 1340. The van der Waals surface area contributed by atoms with Crippen molar-refractivity contribution in [3.8, 4) is 0 Å². The summed E-state index contributed by atoms with van der Waals surface area (Å²) < 4.78 is 1.59. The second kappa shape index (κ2) is 8.28. The zero-order valence-corrected chi connectivity index (χ0v) is 18.6. The van der Waals surface area contributed by atoms with Crippen molar-refractivity contribution >= 4 is 40.4 Å². The SMILES string of the molecule is CCn1c2c3c(cc(CN4CCN(c5ccc(C(=O)O)nc5C)CC4)cc3nc1=O)NC=N2. The van der Waals surface area contributed by atoms with Gasteiger partial charge in [-0.2, -0.15) is 4.98 Å². The topological polar surface area (TPSA) is 116 Å². The van der Waals surface area contributed by atoms with Gasteiger partial charge in [0.15, 0.2) is 0 Å². The predicted molar refractivity (Wildman–Crippen MR) is 127 cm³/mol. The summed E-state index contributed by atoms with van der Waals surface area (Å²) in [6.45, 7) is 8.39. The Morgan fingerprint density at radius 1 is 1.15 bits per heavy atom. The molecule has 0 atom stereocenters. The maximum absolute atomic E-state index is 12.4. The van der Waals surface area contributed by atoms with Crippen molar-refractivity contribution in [1.82, 2.24) is 19.4 Å². The summed E-state index contributed by atoms with van der Waals surface area (Å²) in [5, 5.41) is 13.2. The van der Waals surface area contributed by atoms with E-state index in [4.69, 9.17) is 5.11 Å². The average molecular weight is 447 g/mol. The van der Waals surface area contributed by atoms with Crippen molar-refractivity contribution in [2.24, 2.45) is 4.99 Å². The van der Waals surface area contributed by atoms with Crippen LogP contribution in [0.15, 0.2) is 34.1 Å². The lowest BCUT2D eigenvalue weighted by molar-refractivity contribution is 0.0690. The maximum atomic E-state index is 12.4. The Kier molecular flexibility index (Phi) is 5.29. The van der Waals surface area contributed by atoms with Crippen molar-refractivity contribution in [3.05, 3.63) is 51.7 Å². The zero-order valence-electron chi connectivity index (χ0n) is 18.6. The molecule has 170 valence electrons. The molecule has 1 aromatic carbocycles. The smallest absolute Gasteiger partial charge is 0.354 e. The number of benzene rings is 1. The highest BCUT2D eigenvalue weighted by molar-refractivity contribution is 6.06. The number of aromatic nitrogens is 3. The fourth-order valence-electron chi connectivity index (χ4n) is 4.60. The number of nitrogens with zero attached hydrogens (tertiary/aromatic N) is 6. The number of hydrogen-bond donors (Lipinski definition) is 2. The molecule has 1 fully saturated rings. The number of aromatic carboxylic acids is 1. The van der Waals surface area contributed by atoms with Crippen LogP contribution in [0.25, 0.3) is 10.9 Å². The van der Waals surface area contributed by atoms with E-state index in [-0.39, 0.29) is 11.4 Å². The van der Waals surface area contributed by atoms with Gasteiger partial charge in [-0.25, -0.2) is 19.6 Å². The van der Waals surface area contributed by atoms with Gasteiger partial charge in [-0.05, 0) is 43.7 Å². The first-order valence-electron chi connectivity index (χ1n) is 11.0. The molecule has 2 aliphatic rings. The molecule has 2 aliphatic heterocycles. The number of pyridine rings is 1. The summed E-state index contributed by atoms with van der Waals surface area (Å²) in [5.74, 6) is -0.362. The quantitative estimate of drug-likeness (QED) is 0.612. The van der Waals surface area contributed by atoms with E-state index in [1.165, 1.54) is 0 Å². The minimum absolute atomic E-state index is 0.0660. The number of rotatable bonds is 5. The molecular formula is C23H25N7O3. The van der Waals surface area contributed by atoms with Gasteiger partial charge in [0.2, 0.25) is 0 Å². The van der Waals surface area contributed by atoms with E-state index in [0.29, 0.717) is 17.9 Å². The van der Waals surface area contributed by atoms with Crippen molar-refractivity contribution in [2.75, 3.05) is 36.4 Å². The summed E-state index contributed by atoms with van der Waals surface area (Å²) in [7, 11) is 0. The molecule has 0 bridgehead atoms. The van der Waals surface area contributed by atoms with Gasteiger partial charge in [0.25, 0.3) is 0 Å². The van der Waals surface area contributed by atoms with E-state index in [0.717, 1.165) is 60.7 Å². The molecular weight excluding hydrogens is 422 g/mol. The monoisotopic (exact) mass is 447 g/mol. The van der Waals surface area contributed by atoms with Crippen LogP contribution in [0.2, 0.25) is 0 Å². The molecule has 5 rings (SSSR count). The number of aliphatic imine (C=N–C) groups is 1. The highest BCUT2D eigenvalue weighted by Gasteiger charge is 2.22. The molecule has 0 amide bonds. The number of anilines is 2. The standard InChI is InChI=1S/C23H25N7O3/c1-3-30-21-20-17(24-13-25-21)10-15(11-18(20)27-23(30)33)12-28-6-8-29(9-7-28)19-5-4-16(22(31)32)26-14(19)2/h4-5,10-11,13H,3,6-9,12H2,1-2H3,(H,24,25)(H,31,32). The van der Waals surface area contributed by atoms with Gasteiger partial charge >= 0.3 is 11.7 Å². The molecule has 33 heavy (non-hydrogen) atoms. The fraction of sp³-hybridized carbons (Fsp3) is 0.348. The van der Waals surface area contributed by atoms with Gasteiger partial charge in [0, 0.05) is 39.3 Å². The van der Waals surface area contributed by atoms with Gasteiger partial charge in [-0.15, -0.1) is 0 Å². The Hall–Kier alpha value is -3.79. The van der Waals surface area contributed by atoms with Crippen LogP contribution in [0.5, 0.6) is 0 Å². The van der Waals surface area contributed by atoms with E-state index in [1.807, 2.05) is 26.0 Å². The first-order chi connectivity index (χ1) is 15.9. The number of carboxylic acids is 1. The predicted octanol–water partition coefficient (Wildman–Crippen LogP) is 2.23. The minimum Gasteiger partial charge on any atom is -0.477 e. The molecule has 10 nitrogen and oxygen atoms in total. The van der Waals surface area contributed by atoms with E-state index in [1.54, 1.807) is 17.0 Å². The summed E-state index contributed by atoms with van der Waals surface area (Å²) >= 11 is 0. The number of hydrogen-bond acceptors (Lipinski definition) is 8. The molecule has 0 spiro atoms. The molecule has 0 unspecified atom stereocenters. The average Bonchev–Trinajstić information content (AvgIpc) is 2.80. The lowest BCUT2D eigenvalue weighted by Crippen LogP contribution is -2.46. The second-order valence-corrected chi connectivity index (χ2v) is 8.27. The third kappa shape index (κ3) is 3.82. The normalized spacial score (nSPS) is 15.6. The molecule has 0 radical (unpaired) electrons.